The second-order valence-electron chi connectivity index (χ2n) is 4.82. The molecule has 1 aliphatic rings. The number of hydrogen-bond acceptors (Lipinski definition) is 5. The highest BCUT2D eigenvalue weighted by molar-refractivity contribution is 5.39. The Kier molecular flexibility index (Phi) is 4.36. The molecule has 1 saturated carbocycles. The van der Waals surface area contributed by atoms with Crippen molar-refractivity contribution >= 4 is 5.82 Å². The van der Waals surface area contributed by atoms with Gasteiger partial charge >= 0.3 is 0 Å². The summed E-state index contributed by atoms with van der Waals surface area (Å²) in [5, 5.41) is 12.8. The zero-order valence-corrected chi connectivity index (χ0v) is 11.0. The van der Waals surface area contributed by atoms with Crippen molar-refractivity contribution in [2.24, 2.45) is 5.92 Å². The average Bonchev–Trinajstić information content (AvgIpc) is 2.38. The third-order valence-corrected chi connectivity index (χ3v) is 3.50. The fourth-order valence-electron chi connectivity index (χ4n) is 2.52. The van der Waals surface area contributed by atoms with Crippen LogP contribution in [-0.4, -0.2) is 34.8 Å². The van der Waals surface area contributed by atoms with Crippen LogP contribution in [-0.2, 0) is 0 Å². The number of aryl methyl sites for hydroxylation is 1. The van der Waals surface area contributed by atoms with E-state index in [-0.39, 0.29) is 6.61 Å². The molecule has 100 valence electrons. The number of rotatable bonds is 4. The van der Waals surface area contributed by atoms with E-state index in [1.807, 2.05) is 6.92 Å². The number of aliphatic hydroxyl groups excluding tert-OH is 1. The number of anilines is 1. The largest absolute Gasteiger partial charge is 0.481 e. The van der Waals surface area contributed by atoms with Crippen LogP contribution in [0.1, 0.15) is 31.5 Å². The average molecular weight is 251 g/mol. The molecule has 1 aliphatic carbocycles. The van der Waals surface area contributed by atoms with Gasteiger partial charge in [-0.1, -0.05) is 12.8 Å². The number of nitrogens with one attached hydrogen (secondary N) is 1. The number of hydrogen-bond donors (Lipinski definition) is 2. The smallest absolute Gasteiger partial charge is 0.218 e. The van der Waals surface area contributed by atoms with Gasteiger partial charge < -0.3 is 15.2 Å². The molecule has 5 nitrogen and oxygen atoms in total. The second-order valence-corrected chi connectivity index (χ2v) is 4.82. The zero-order chi connectivity index (χ0) is 13.0. The Labute approximate surface area is 108 Å². The normalized spacial score (nSPS) is 23.7. The molecule has 0 aliphatic heterocycles. The number of aliphatic hydroxyl groups is 1. The van der Waals surface area contributed by atoms with Crippen molar-refractivity contribution in [1.29, 1.82) is 0 Å². The number of aromatic nitrogens is 2. The van der Waals surface area contributed by atoms with Gasteiger partial charge in [0.2, 0.25) is 5.88 Å². The molecule has 0 aromatic carbocycles. The molecule has 0 spiro atoms. The lowest BCUT2D eigenvalue weighted by atomic mass is 9.85. The van der Waals surface area contributed by atoms with Crippen LogP contribution in [0.4, 0.5) is 5.82 Å². The van der Waals surface area contributed by atoms with Crippen molar-refractivity contribution in [3.63, 3.8) is 0 Å². The zero-order valence-electron chi connectivity index (χ0n) is 11.0. The molecule has 0 radical (unpaired) electrons. The highest BCUT2D eigenvalue weighted by Gasteiger charge is 2.24. The van der Waals surface area contributed by atoms with Gasteiger partial charge in [0.1, 0.15) is 11.6 Å². The van der Waals surface area contributed by atoms with Crippen molar-refractivity contribution < 1.29 is 9.84 Å². The number of ether oxygens (including phenoxy) is 1. The number of nitrogens with zero attached hydrogens (tertiary/aromatic N) is 2. The molecule has 1 fully saturated rings. The predicted molar refractivity (Wildman–Crippen MR) is 69.8 cm³/mol. The Morgan fingerprint density at radius 3 is 2.89 bits per heavy atom. The maximum atomic E-state index is 9.40. The SMILES string of the molecule is COc1cc(NC2CCCCC2CO)nc(C)n1. The lowest BCUT2D eigenvalue weighted by Crippen LogP contribution is -2.34. The first-order chi connectivity index (χ1) is 8.72. The van der Waals surface area contributed by atoms with E-state index in [0.717, 1.165) is 18.7 Å². The van der Waals surface area contributed by atoms with Gasteiger partial charge in [0.25, 0.3) is 0 Å². The van der Waals surface area contributed by atoms with Crippen LogP contribution in [0.2, 0.25) is 0 Å². The fourth-order valence-corrected chi connectivity index (χ4v) is 2.52. The molecule has 18 heavy (non-hydrogen) atoms. The van der Waals surface area contributed by atoms with E-state index in [9.17, 15) is 5.11 Å². The first kappa shape index (κ1) is 13.1. The van der Waals surface area contributed by atoms with Gasteiger partial charge in [-0.2, -0.15) is 4.98 Å². The fraction of sp³-hybridized carbons (Fsp3) is 0.692. The summed E-state index contributed by atoms with van der Waals surface area (Å²) in [4.78, 5) is 8.52. The van der Waals surface area contributed by atoms with Crippen molar-refractivity contribution in [1.82, 2.24) is 9.97 Å². The van der Waals surface area contributed by atoms with E-state index < -0.39 is 0 Å². The van der Waals surface area contributed by atoms with Gasteiger partial charge in [0, 0.05) is 24.6 Å². The standard InChI is InChI=1S/C13H21N3O2/c1-9-14-12(7-13(15-9)18-2)16-11-6-4-3-5-10(11)8-17/h7,10-11,17H,3-6,8H2,1-2H3,(H,14,15,16). The van der Waals surface area contributed by atoms with Crippen molar-refractivity contribution in [2.75, 3.05) is 19.0 Å². The number of methoxy groups -OCH3 is 1. The Bertz CT molecular complexity index is 398. The van der Waals surface area contributed by atoms with Gasteiger partial charge in [-0.15, -0.1) is 0 Å². The van der Waals surface area contributed by atoms with Crippen LogP contribution < -0.4 is 10.1 Å². The van der Waals surface area contributed by atoms with Crippen LogP contribution in [0.5, 0.6) is 5.88 Å². The van der Waals surface area contributed by atoms with Crippen LogP contribution in [0, 0.1) is 12.8 Å². The first-order valence-corrected chi connectivity index (χ1v) is 6.50. The Balaban J connectivity index is 2.09. The molecule has 1 heterocycles. The summed E-state index contributed by atoms with van der Waals surface area (Å²) < 4.78 is 5.14. The van der Waals surface area contributed by atoms with E-state index in [1.54, 1.807) is 13.2 Å². The Hall–Kier alpha value is -1.36. The Morgan fingerprint density at radius 2 is 2.17 bits per heavy atom. The monoisotopic (exact) mass is 251 g/mol. The lowest BCUT2D eigenvalue weighted by Gasteiger charge is -2.31. The maximum absolute atomic E-state index is 9.40. The van der Waals surface area contributed by atoms with Crippen molar-refractivity contribution in [3.8, 4) is 5.88 Å². The molecule has 2 rings (SSSR count). The van der Waals surface area contributed by atoms with Crippen LogP contribution in [0.15, 0.2) is 6.07 Å². The van der Waals surface area contributed by atoms with Gasteiger partial charge in [0.05, 0.1) is 7.11 Å². The summed E-state index contributed by atoms with van der Waals surface area (Å²) in [5.41, 5.74) is 0. The van der Waals surface area contributed by atoms with E-state index in [2.05, 4.69) is 15.3 Å². The third kappa shape index (κ3) is 3.10. The molecule has 1 aromatic heterocycles. The molecular formula is C13H21N3O2. The topological polar surface area (TPSA) is 67.3 Å². The van der Waals surface area contributed by atoms with E-state index in [4.69, 9.17) is 4.74 Å². The minimum Gasteiger partial charge on any atom is -0.481 e. The summed E-state index contributed by atoms with van der Waals surface area (Å²) in [6.45, 7) is 2.08. The highest BCUT2D eigenvalue weighted by atomic mass is 16.5. The molecule has 1 aromatic rings. The van der Waals surface area contributed by atoms with Gasteiger partial charge in [0.15, 0.2) is 0 Å². The molecule has 5 heteroatoms. The van der Waals surface area contributed by atoms with E-state index in [0.29, 0.717) is 23.7 Å². The summed E-state index contributed by atoms with van der Waals surface area (Å²) in [5.74, 6) is 2.36. The third-order valence-electron chi connectivity index (χ3n) is 3.50. The van der Waals surface area contributed by atoms with Gasteiger partial charge in [-0.25, -0.2) is 4.98 Å². The molecule has 2 unspecified atom stereocenters. The highest BCUT2D eigenvalue weighted by Crippen LogP contribution is 2.27. The van der Waals surface area contributed by atoms with Crippen LogP contribution >= 0.6 is 0 Å². The lowest BCUT2D eigenvalue weighted by molar-refractivity contribution is 0.178. The summed E-state index contributed by atoms with van der Waals surface area (Å²) in [7, 11) is 1.60. The first-order valence-electron chi connectivity index (χ1n) is 6.50. The van der Waals surface area contributed by atoms with Gasteiger partial charge in [-0.05, 0) is 19.8 Å². The Morgan fingerprint density at radius 1 is 1.39 bits per heavy atom. The molecule has 0 saturated heterocycles. The van der Waals surface area contributed by atoms with E-state index in [1.165, 1.54) is 12.8 Å². The molecule has 2 N–H and O–H groups in total. The molecule has 0 bridgehead atoms. The molecule has 2 atom stereocenters. The molecular weight excluding hydrogens is 230 g/mol. The van der Waals surface area contributed by atoms with Crippen molar-refractivity contribution in [3.05, 3.63) is 11.9 Å². The summed E-state index contributed by atoms with van der Waals surface area (Å²) >= 11 is 0. The van der Waals surface area contributed by atoms with Gasteiger partial charge in [-0.3, -0.25) is 0 Å². The quantitative estimate of drug-likeness (QED) is 0.853. The van der Waals surface area contributed by atoms with Crippen LogP contribution in [0.25, 0.3) is 0 Å². The predicted octanol–water partition coefficient (Wildman–Crippen LogP) is 1.76. The summed E-state index contributed by atoms with van der Waals surface area (Å²) in [6, 6.07) is 2.10. The van der Waals surface area contributed by atoms with Crippen molar-refractivity contribution in [2.45, 2.75) is 38.6 Å². The van der Waals surface area contributed by atoms with E-state index >= 15 is 0 Å². The molecule has 0 amide bonds. The minimum atomic E-state index is 0.235. The minimum absolute atomic E-state index is 0.235. The second kappa shape index (κ2) is 6.00. The maximum Gasteiger partial charge on any atom is 0.218 e. The summed E-state index contributed by atoms with van der Waals surface area (Å²) in [6.07, 6.45) is 4.57. The van der Waals surface area contributed by atoms with Crippen LogP contribution in [0.3, 0.4) is 0 Å².